The van der Waals surface area contributed by atoms with E-state index in [2.05, 4.69) is 4.98 Å². The molecule has 0 saturated carbocycles. The zero-order chi connectivity index (χ0) is 9.26. The number of aromatic nitrogens is 1. The molecule has 4 heteroatoms. The summed E-state index contributed by atoms with van der Waals surface area (Å²) in [6, 6.07) is 6.64. The van der Waals surface area contributed by atoms with Gasteiger partial charge in [-0.3, -0.25) is 4.98 Å². The molecule has 1 aromatic carbocycles. The molecule has 0 aliphatic heterocycles. The number of carboxylic acid groups (broad SMARTS) is 1. The minimum atomic E-state index is -1.16. The van der Waals surface area contributed by atoms with Gasteiger partial charge in [-0.05, 0) is 23.1 Å². The maximum absolute atomic E-state index is 10.5. The van der Waals surface area contributed by atoms with Crippen molar-refractivity contribution in [2.24, 2.45) is 0 Å². The summed E-state index contributed by atoms with van der Waals surface area (Å²) >= 11 is 0. The van der Waals surface area contributed by atoms with Crippen molar-refractivity contribution in [2.75, 3.05) is 0 Å². The Balaban J connectivity index is 0.000000980. The monoisotopic (exact) mass is 211 g/mol. The Kier molecular flexibility index (Phi) is 4.22. The van der Waals surface area contributed by atoms with Crippen LogP contribution in [0.1, 0.15) is 10.4 Å². The van der Waals surface area contributed by atoms with Gasteiger partial charge in [-0.2, -0.15) is 0 Å². The first-order chi connectivity index (χ1) is 6.27. The van der Waals surface area contributed by atoms with E-state index < -0.39 is 5.97 Å². The largest absolute Gasteiger partial charge is 1.00 e. The number of rotatable bonds is 1. The van der Waals surface area contributed by atoms with Crippen LogP contribution in [0.2, 0.25) is 0 Å². The van der Waals surface area contributed by atoms with E-state index in [4.69, 9.17) is 0 Å². The molecular weight excluding hydrogens is 205 g/mol. The SMILES string of the molecule is O=C([O-])c1ccc2ccncc2c1.[K+]. The van der Waals surface area contributed by atoms with Crippen LogP contribution in [0.3, 0.4) is 0 Å². The van der Waals surface area contributed by atoms with Crippen molar-refractivity contribution in [1.29, 1.82) is 0 Å². The van der Waals surface area contributed by atoms with E-state index in [9.17, 15) is 9.90 Å². The summed E-state index contributed by atoms with van der Waals surface area (Å²) < 4.78 is 0. The first-order valence-corrected chi connectivity index (χ1v) is 3.82. The first kappa shape index (κ1) is 11.8. The molecule has 0 atom stereocenters. The van der Waals surface area contributed by atoms with Crippen LogP contribution in [0.4, 0.5) is 0 Å². The Labute approximate surface area is 124 Å². The van der Waals surface area contributed by atoms with Crippen LogP contribution in [-0.4, -0.2) is 11.0 Å². The number of benzene rings is 1. The summed E-state index contributed by atoms with van der Waals surface area (Å²) in [7, 11) is 0. The standard InChI is InChI=1S/C10H7NO2.K/c12-10(13)8-2-1-7-3-4-11-6-9(7)5-8;/h1-6H,(H,12,13);/q;+1/p-1. The second-order valence-electron chi connectivity index (χ2n) is 2.73. The third-order valence-electron chi connectivity index (χ3n) is 1.88. The van der Waals surface area contributed by atoms with E-state index in [1.807, 2.05) is 6.07 Å². The quantitative estimate of drug-likeness (QED) is 0.494. The van der Waals surface area contributed by atoms with Crippen molar-refractivity contribution in [3.63, 3.8) is 0 Å². The molecule has 1 heterocycles. The van der Waals surface area contributed by atoms with E-state index in [1.165, 1.54) is 6.07 Å². The van der Waals surface area contributed by atoms with E-state index in [0.29, 0.717) is 0 Å². The van der Waals surface area contributed by atoms with Crippen molar-refractivity contribution in [3.05, 3.63) is 42.2 Å². The number of nitrogens with zero attached hydrogens (tertiary/aromatic N) is 1. The molecule has 64 valence electrons. The van der Waals surface area contributed by atoms with Crippen LogP contribution >= 0.6 is 0 Å². The average Bonchev–Trinajstić information content (AvgIpc) is 2.17. The number of carbonyl (C=O) groups excluding carboxylic acids is 1. The minimum Gasteiger partial charge on any atom is -0.545 e. The van der Waals surface area contributed by atoms with Crippen molar-refractivity contribution < 1.29 is 61.3 Å². The van der Waals surface area contributed by atoms with Gasteiger partial charge in [0, 0.05) is 17.8 Å². The molecule has 0 fully saturated rings. The first-order valence-electron chi connectivity index (χ1n) is 3.82. The molecule has 2 rings (SSSR count). The molecule has 0 N–H and O–H groups in total. The zero-order valence-corrected chi connectivity index (χ0v) is 10.9. The fourth-order valence-electron chi connectivity index (χ4n) is 1.21. The van der Waals surface area contributed by atoms with Gasteiger partial charge in [0.25, 0.3) is 0 Å². The summed E-state index contributed by atoms with van der Waals surface area (Å²) in [5.74, 6) is -1.16. The Morgan fingerprint density at radius 3 is 2.71 bits per heavy atom. The molecule has 0 aliphatic rings. The third kappa shape index (κ3) is 2.40. The molecule has 0 amide bonds. The van der Waals surface area contributed by atoms with Crippen LogP contribution in [0, 0.1) is 0 Å². The molecule has 14 heavy (non-hydrogen) atoms. The number of carboxylic acids is 1. The molecular formula is C10H6KNO2. The molecule has 0 radical (unpaired) electrons. The fraction of sp³-hybridized carbons (Fsp3) is 0. The number of fused-ring (bicyclic) bond motifs is 1. The van der Waals surface area contributed by atoms with Gasteiger partial charge in [0.05, 0.1) is 5.97 Å². The second-order valence-corrected chi connectivity index (χ2v) is 2.73. The van der Waals surface area contributed by atoms with Crippen molar-refractivity contribution >= 4 is 16.7 Å². The van der Waals surface area contributed by atoms with Gasteiger partial charge in [-0.1, -0.05) is 12.1 Å². The van der Waals surface area contributed by atoms with Gasteiger partial charge in [-0.15, -0.1) is 0 Å². The van der Waals surface area contributed by atoms with E-state index >= 15 is 0 Å². The minimum absolute atomic E-state index is 0. The van der Waals surface area contributed by atoms with Gasteiger partial charge >= 0.3 is 51.4 Å². The number of hydrogen-bond donors (Lipinski definition) is 0. The second kappa shape index (κ2) is 5.00. The molecule has 1 aromatic heterocycles. The summed E-state index contributed by atoms with van der Waals surface area (Å²) in [6.07, 6.45) is 3.29. The molecule has 0 saturated heterocycles. The van der Waals surface area contributed by atoms with Crippen molar-refractivity contribution in [3.8, 4) is 0 Å². The smallest absolute Gasteiger partial charge is 0.545 e. The summed E-state index contributed by atoms with van der Waals surface area (Å²) in [6.45, 7) is 0. The maximum Gasteiger partial charge on any atom is 1.00 e. The number of pyridine rings is 1. The molecule has 0 bridgehead atoms. The normalized spacial score (nSPS) is 9.43. The van der Waals surface area contributed by atoms with Gasteiger partial charge in [0.2, 0.25) is 0 Å². The Morgan fingerprint density at radius 2 is 2.00 bits per heavy atom. The predicted octanol–water partition coefficient (Wildman–Crippen LogP) is -2.40. The van der Waals surface area contributed by atoms with Crippen LogP contribution < -0.4 is 56.5 Å². The van der Waals surface area contributed by atoms with E-state index in [-0.39, 0.29) is 56.9 Å². The summed E-state index contributed by atoms with van der Waals surface area (Å²) in [4.78, 5) is 14.4. The van der Waals surface area contributed by atoms with Crippen LogP contribution in [0.25, 0.3) is 10.8 Å². The molecule has 0 aliphatic carbocycles. The number of carbonyl (C=O) groups is 1. The van der Waals surface area contributed by atoms with Crippen molar-refractivity contribution in [1.82, 2.24) is 4.98 Å². The van der Waals surface area contributed by atoms with Crippen LogP contribution in [0.5, 0.6) is 0 Å². The number of hydrogen-bond acceptors (Lipinski definition) is 3. The maximum atomic E-state index is 10.5. The fourth-order valence-corrected chi connectivity index (χ4v) is 1.21. The average molecular weight is 211 g/mol. The van der Waals surface area contributed by atoms with Gasteiger partial charge in [0.15, 0.2) is 0 Å². The Bertz CT molecular complexity index is 470. The van der Waals surface area contributed by atoms with Crippen molar-refractivity contribution in [2.45, 2.75) is 0 Å². The third-order valence-corrected chi connectivity index (χ3v) is 1.88. The Morgan fingerprint density at radius 1 is 1.21 bits per heavy atom. The molecule has 0 spiro atoms. The number of aromatic carboxylic acids is 1. The van der Waals surface area contributed by atoms with Gasteiger partial charge in [0.1, 0.15) is 0 Å². The van der Waals surface area contributed by atoms with Crippen LogP contribution in [-0.2, 0) is 0 Å². The molecule has 2 aromatic rings. The van der Waals surface area contributed by atoms with E-state index in [1.54, 1.807) is 24.5 Å². The zero-order valence-electron chi connectivity index (χ0n) is 7.73. The molecule has 3 nitrogen and oxygen atoms in total. The van der Waals surface area contributed by atoms with E-state index in [0.717, 1.165) is 10.8 Å². The summed E-state index contributed by atoms with van der Waals surface area (Å²) in [5.41, 5.74) is 0.181. The van der Waals surface area contributed by atoms with Gasteiger partial charge in [-0.25, -0.2) is 0 Å². The Hall–Kier alpha value is -0.264. The van der Waals surface area contributed by atoms with Gasteiger partial charge < -0.3 is 9.90 Å². The summed E-state index contributed by atoms with van der Waals surface area (Å²) in [5, 5.41) is 12.3. The predicted molar refractivity (Wildman–Crippen MR) is 46.1 cm³/mol. The topological polar surface area (TPSA) is 53.0 Å². The van der Waals surface area contributed by atoms with Crippen LogP contribution in [0.15, 0.2) is 36.7 Å². The molecule has 0 unspecified atom stereocenters.